The maximum atomic E-state index is 13.1. The number of aromatic amines is 1. The third kappa shape index (κ3) is 3.79. The van der Waals surface area contributed by atoms with Gasteiger partial charge in [0.05, 0.1) is 0 Å². The number of fused-ring (bicyclic) bond motifs is 1. The van der Waals surface area contributed by atoms with Crippen LogP contribution in [-0.4, -0.2) is 40.8 Å². The molecule has 0 saturated carbocycles. The van der Waals surface area contributed by atoms with E-state index >= 15 is 0 Å². The molecule has 0 unspecified atom stereocenters. The second-order valence-corrected chi connectivity index (χ2v) is 7.49. The predicted molar refractivity (Wildman–Crippen MR) is 110 cm³/mol. The largest absolute Gasteiger partial charge is 0.361 e. The average molecular weight is 375 g/mol. The van der Waals surface area contributed by atoms with Crippen LogP contribution in [0.25, 0.3) is 10.9 Å². The fourth-order valence-electron chi connectivity index (χ4n) is 3.91. The second kappa shape index (κ2) is 7.89. The van der Waals surface area contributed by atoms with Crippen molar-refractivity contribution in [1.29, 1.82) is 0 Å². The first-order valence-electron chi connectivity index (χ1n) is 9.83. The second-order valence-electron chi connectivity index (χ2n) is 7.49. The SMILES string of the molecule is Cc1cccc(C(=O)N[C@@H](Cc2c[nH]c3ccccc23)C(=O)N2CCCC2)c1. The number of nitrogens with one attached hydrogen (secondary N) is 2. The Hall–Kier alpha value is -3.08. The molecule has 0 spiro atoms. The highest BCUT2D eigenvalue weighted by Crippen LogP contribution is 2.20. The zero-order valence-electron chi connectivity index (χ0n) is 16.1. The molecule has 1 fully saturated rings. The first kappa shape index (κ1) is 18.3. The molecule has 1 saturated heterocycles. The summed E-state index contributed by atoms with van der Waals surface area (Å²) in [5.74, 6) is -0.204. The predicted octanol–water partition coefficient (Wildman–Crippen LogP) is 3.44. The molecule has 5 heteroatoms. The zero-order chi connectivity index (χ0) is 19.5. The summed E-state index contributed by atoms with van der Waals surface area (Å²) in [7, 11) is 0. The number of amides is 2. The summed E-state index contributed by atoms with van der Waals surface area (Å²) < 4.78 is 0. The van der Waals surface area contributed by atoms with E-state index in [0.717, 1.165) is 48.0 Å². The number of hydrogen-bond acceptors (Lipinski definition) is 2. The average Bonchev–Trinajstić information content (AvgIpc) is 3.37. The number of rotatable bonds is 5. The van der Waals surface area contributed by atoms with Crippen molar-refractivity contribution in [1.82, 2.24) is 15.2 Å². The van der Waals surface area contributed by atoms with E-state index in [1.165, 1.54) is 0 Å². The fourth-order valence-corrected chi connectivity index (χ4v) is 3.91. The van der Waals surface area contributed by atoms with Crippen LogP contribution in [-0.2, 0) is 11.2 Å². The fraction of sp³-hybridized carbons (Fsp3) is 0.304. The first-order valence-corrected chi connectivity index (χ1v) is 9.83. The molecule has 0 radical (unpaired) electrons. The van der Waals surface area contributed by atoms with Crippen LogP contribution in [0, 0.1) is 6.92 Å². The molecule has 3 aromatic rings. The van der Waals surface area contributed by atoms with Crippen molar-refractivity contribution in [3.63, 3.8) is 0 Å². The highest BCUT2D eigenvalue weighted by molar-refractivity contribution is 5.98. The van der Waals surface area contributed by atoms with Crippen LogP contribution in [0.3, 0.4) is 0 Å². The van der Waals surface area contributed by atoms with Crippen molar-refractivity contribution < 1.29 is 9.59 Å². The monoisotopic (exact) mass is 375 g/mol. The van der Waals surface area contributed by atoms with Gasteiger partial charge in [0.1, 0.15) is 6.04 Å². The van der Waals surface area contributed by atoms with Crippen LogP contribution in [0.1, 0.15) is 34.3 Å². The van der Waals surface area contributed by atoms with Gasteiger partial charge in [0.2, 0.25) is 5.91 Å². The molecule has 0 bridgehead atoms. The molecule has 1 aliphatic heterocycles. The van der Waals surface area contributed by atoms with Gasteiger partial charge in [0, 0.05) is 42.2 Å². The van der Waals surface area contributed by atoms with E-state index in [-0.39, 0.29) is 11.8 Å². The van der Waals surface area contributed by atoms with E-state index in [2.05, 4.69) is 10.3 Å². The van der Waals surface area contributed by atoms with Gasteiger partial charge in [0.15, 0.2) is 0 Å². The number of para-hydroxylation sites is 1. The Morgan fingerprint density at radius 1 is 1.11 bits per heavy atom. The normalized spacial score (nSPS) is 15.0. The minimum Gasteiger partial charge on any atom is -0.361 e. The summed E-state index contributed by atoms with van der Waals surface area (Å²) in [5, 5.41) is 4.09. The van der Waals surface area contributed by atoms with Crippen molar-refractivity contribution in [3.8, 4) is 0 Å². The summed E-state index contributed by atoms with van der Waals surface area (Å²) in [4.78, 5) is 31.1. The minimum atomic E-state index is -0.578. The highest BCUT2D eigenvalue weighted by Gasteiger charge is 2.29. The number of nitrogens with zero attached hydrogens (tertiary/aromatic N) is 1. The third-order valence-electron chi connectivity index (χ3n) is 5.40. The molecule has 1 aliphatic rings. The van der Waals surface area contributed by atoms with E-state index in [4.69, 9.17) is 0 Å². The molecular weight excluding hydrogens is 350 g/mol. The Labute approximate surface area is 164 Å². The molecule has 144 valence electrons. The molecule has 2 aromatic carbocycles. The summed E-state index contributed by atoms with van der Waals surface area (Å²) in [6, 6.07) is 14.9. The topological polar surface area (TPSA) is 65.2 Å². The Kier molecular flexibility index (Phi) is 5.15. The van der Waals surface area contributed by atoms with Crippen LogP contribution in [0.15, 0.2) is 54.7 Å². The van der Waals surface area contributed by atoms with E-state index in [0.29, 0.717) is 12.0 Å². The lowest BCUT2D eigenvalue weighted by atomic mass is 10.0. The molecule has 4 rings (SSSR count). The lowest BCUT2D eigenvalue weighted by Crippen LogP contribution is -2.49. The van der Waals surface area contributed by atoms with Crippen LogP contribution in [0.4, 0.5) is 0 Å². The van der Waals surface area contributed by atoms with Gasteiger partial charge < -0.3 is 15.2 Å². The number of aromatic nitrogens is 1. The van der Waals surface area contributed by atoms with Gasteiger partial charge in [0.25, 0.3) is 5.91 Å². The number of likely N-dealkylation sites (tertiary alicyclic amines) is 1. The molecule has 5 nitrogen and oxygen atoms in total. The Bertz CT molecular complexity index is 1000. The van der Waals surface area contributed by atoms with Gasteiger partial charge >= 0.3 is 0 Å². The molecule has 2 heterocycles. The van der Waals surface area contributed by atoms with Crippen LogP contribution in [0.2, 0.25) is 0 Å². The van der Waals surface area contributed by atoms with Crippen LogP contribution >= 0.6 is 0 Å². The van der Waals surface area contributed by atoms with E-state index < -0.39 is 6.04 Å². The Morgan fingerprint density at radius 3 is 2.68 bits per heavy atom. The molecule has 1 aromatic heterocycles. The molecule has 1 atom stereocenters. The highest BCUT2D eigenvalue weighted by atomic mass is 16.2. The van der Waals surface area contributed by atoms with Gasteiger partial charge in [-0.25, -0.2) is 0 Å². The quantitative estimate of drug-likeness (QED) is 0.717. The molecule has 0 aliphatic carbocycles. The van der Waals surface area contributed by atoms with Crippen molar-refractivity contribution >= 4 is 22.7 Å². The van der Waals surface area contributed by atoms with Gasteiger partial charge in [-0.3, -0.25) is 9.59 Å². The Morgan fingerprint density at radius 2 is 1.89 bits per heavy atom. The molecule has 2 amide bonds. The number of aryl methyl sites for hydroxylation is 1. The minimum absolute atomic E-state index is 0.00350. The molecule has 2 N–H and O–H groups in total. The number of carbonyl (C=O) groups excluding carboxylic acids is 2. The first-order chi connectivity index (χ1) is 13.6. The maximum absolute atomic E-state index is 13.1. The van der Waals surface area contributed by atoms with Crippen LogP contribution < -0.4 is 5.32 Å². The maximum Gasteiger partial charge on any atom is 0.251 e. The number of benzene rings is 2. The van der Waals surface area contributed by atoms with Crippen LogP contribution in [0.5, 0.6) is 0 Å². The van der Waals surface area contributed by atoms with E-state index in [1.54, 1.807) is 6.07 Å². The van der Waals surface area contributed by atoms with Gasteiger partial charge in [-0.2, -0.15) is 0 Å². The lowest BCUT2D eigenvalue weighted by molar-refractivity contribution is -0.132. The molecular formula is C23H25N3O2. The number of carbonyl (C=O) groups is 2. The lowest BCUT2D eigenvalue weighted by Gasteiger charge is -2.24. The summed E-state index contributed by atoms with van der Waals surface area (Å²) in [5.41, 5.74) is 3.68. The summed E-state index contributed by atoms with van der Waals surface area (Å²) in [6.07, 6.45) is 4.46. The van der Waals surface area contributed by atoms with Crippen molar-refractivity contribution in [2.45, 2.75) is 32.2 Å². The summed E-state index contributed by atoms with van der Waals surface area (Å²) >= 11 is 0. The van der Waals surface area contributed by atoms with Crippen molar-refractivity contribution in [2.24, 2.45) is 0 Å². The number of H-pyrrole nitrogens is 1. The van der Waals surface area contributed by atoms with E-state index in [9.17, 15) is 9.59 Å². The Balaban J connectivity index is 1.60. The van der Waals surface area contributed by atoms with Gasteiger partial charge in [-0.15, -0.1) is 0 Å². The summed E-state index contributed by atoms with van der Waals surface area (Å²) in [6.45, 7) is 3.49. The van der Waals surface area contributed by atoms with Crippen molar-refractivity contribution in [2.75, 3.05) is 13.1 Å². The third-order valence-corrected chi connectivity index (χ3v) is 5.40. The smallest absolute Gasteiger partial charge is 0.251 e. The number of hydrogen-bond donors (Lipinski definition) is 2. The molecule has 28 heavy (non-hydrogen) atoms. The standard InChI is InChI=1S/C23H25N3O2/c1-16-7-6-8-17(13-16)22(27)25-21(23(28)26-11-4-5-12-26)14-18-15-24-20-10-3-2-9-19(18)20/h2-3,6-10,13,15,21,24H,4-5,11-12,14H2,1H3,(H,25,27)/t21-/m0/s1. The van der Waals surface area contributed by atoms with Gasteiger partial charge in [-0.05, 0) is 43.5 Å². The van der Waals surface area contributed by atoms with E-state index in [1.807, 2.05) is 60.5 Å². The van der Waals surface area contributed by atoms with Gasteiger partial charge in [-0.1, -0.05) is 35.9 Å². The van der Waals surface area contributed by atoms with Crippen molar-refractivity contribution in [3.05, 3.63) is 71.4 Å². The zero-order valence-corrected chi connectivity index (χ0v) is 16.1.